The van der Waals surface area contributed by atoms with Crippen LogP contribution >= 0.6 is 0 Å². The molecule has 1 fully saturated rings. The minimum absolute atomic E-state index is 0.0206. The molecule has 0 bridgehead atoms. The van der Waals surface area contributed by atoms with Crippen LogP contribution in [0.5, 0.6) is 0 Å². The van der Waals surface area contributed by atoms with E-state index < -0.39 is 5.41 Å². The smallest absolute Gasteiger partial charge is 0.238 e. The molecule has 1 aliphatic rings. The largest absolute Gasteiger partial charge is 0.409 e. The Morgan fingerprint density at radius 2 is 2.33 bits per heavy atom. The van der Waals surface area contributed by atoms with Gasteiger partial charge in [-0.3, -0.25) is 9.78 Å². The van der Waals surface area contributed by atoms with Crippen LogP contribution in [-0.4, -0.2) is 21.9 Å². The molecular weight excluding hydrogens is 232 g/mol. The molecule has 1 amide bonds. The Labute approximate surface area is 105 Å². The van der Waals surface area contributed by atoms with E-state index >= 15 is 0 Å². The summed E-state index contributed by atoms with van der Waals surface area (Å²) in [5.41, 5.74) is 6.15. The molecule has 96 valence electrons. The van der Waals surface area contributed by atoms with Crippen molar-refractivity contribution in [1.29, 1.82) is 0 Å². The molecule has 1 saturated carbocycles. The highest BCUT2D eigenvalue weighted by Gasteiger charge is 2.48. The van der Waals surface area contributed by atoms with Crippen LogP contribution in [0, 0.1) is 12.3 Å². The Morgan fingerprint density at radius 1 is 1.61 bits per heavy atom. The molecule has 4 N–H and O–H groups in total. The van der Waals surface area contributed by atoms with Gasteiger partial charge in [-0.05, 0) is 31.9 Å². The number of nitrogens with one attached hydrogen (secondary N) is 1. The van der Waals surface area contributed by atoms with E-state index in [9.17, 15) is 4.79 Å². The first-order valence-corrected chi connectivity index (χ1v) is 5.81. The van der Waals surface area contributed by atoms with E-state index in [-0.39, 0.29) is 11.7 Å². The van der Waals surface area contributed by atoms with Crippen molar-refractivity contribution < 1.29 is 10.0 Å². The second kappa shape index (κ2) is 4.64. The van der Waals surface area contributed by atoms with E-state index in [4.69, 9.17) is 10.9 Å². The lowest BCUT2D eigenvalue weighted by Gasteiger charge is -2.38. The predicted octanol–water partition coefficient (Wildman–Crippen LogP) is 1.25. The number of amidine groups is 1. The predicted molar refractivity (Wildman–Crippen MR) is 67.3 cm³/mol. The third-order valence-electron chi connectivity index (χ3n) is 3.49. The summed E-state index contributed by atoms with van der Waals surface area (Å²) in [7, 11) is 0. The first kappa shape index (κ1) is 12.3. The molecule has 1 aromatic heterocycles. The summed E-state index contributed by atoms with van der Waals surface area (Å²) in [5, 5.41) is 14.6. The van der Waals surface area contributed by atoms with Gasteiger partial charge < -0.3 is 16.3 Å². The average molecular weight is 248 g/mol. The number of nitrogens with zero attached hydrogens (tertiary/aromatic N) is 2. The van der Waals surface area contributed by atoms with Crippen LogP contribution < -0.4 is 11.1 Å². The average Bonchev–Trinajstić information content (AvgIpc) is 2.30. The number of carbonyl (C=O) groups is 1. The van der Waals surface area contributed by atoms with Gasteiger partial charge in [0.25, 0.3) is 0 Å². The topological polar surface area (TPSA) is 101 Å². The summed E-state index contributed by atoms with van der Waals surface area (Å²) in [5.74, 6) is -0.257. The summed E-state index contributed by atoms with van der Waals surface area (Å²) in [6.07, 6.45) is 3.77. The number of pyridine rings is 1. The van der Waals surface area contributed by atoms with Crippen molar-refractivity contribution in [3.63, 3.8) is 0 Å². The van der Waals surface area contributed by atoms with Crippen molar-refractivity contribution in [2.45, 2.75) is 26.2 Å². The van der Waals surface area contributed by atoms with Gasteiger partial charge in [-0.25, -0.2) is 0 Å². The highest BCUT2D eigenvalue weighted by Crippen LogP contribution is 2.42. The molecule has 18 heavy (non-hydrogen) atoms. The number of rotatable bonds is 3. The third-order valence-corrected chi connectivity index (χ3v) is 3.49. The number of anilines is 1. The summed E-state index contributed by atoms with van der Waals surface area (Å²) >= 11 is 0. The van der Waals surface area contributed by atoms with E-state index in [1.807, 2.05) is 6.92 Å². The van der Waals surface area contributed by atoms with Crippen LogP contribution in [0.1, 0.15) is 25.0 Å². The Balaban J connectivity index is 2.20. The number of aryl methyl sites for hydroxylation is 1. The highest BCUT2D eigenvalue weighted by molar-refractivity contribution is 6.12. The summed E-state index contributed by atoms with van der Waals surface area (Å²) < 4.78 is 0. The quantitative estimate of drug-likeness (QED) is 0.324. The van der Waals surface area contributed by atoms with Gasteiger partial charge in [-0.15, -0.1) is 0 Å². The Morgan fingerprint density at radius 3 is 2.83 bits per heavy atom. The first-order chi connectivity index (χ1) is 8.60. The maximum Gasteiger partial charge on any atom is 0.238 e. The number of oxime groups is 1. The molecule has 0 atom stereocenters. The van der Waals surface area contributed by atoms with Crippen molar-refractivity contribution in [3.05, 3.63) is 24.0 Å². The molecule has 0 aromatic carbocycles. The van der Waals surface area contributed by atoms with Crippen molar-refractivity contribution in [2.75, 3.05) is 5.32 Å². The molecule has 0 spiro atoms. The molecule has 2 rings (SSSR count). The van der Waals surface area contributed by atoms with E-state index in [1.165, 1.54) is 0 Å². The zero-order valence-electron chi connectivity index (χ0n) is 10.2. The maximum atomic E-state index is 12.3. The summed E-state index contributed by atoms with van der Waals surface area (Å²) in [4.78, 5) is 16.4. The van der Waals surface area contributed by atoms with Crippen LogP contribution in [0.3, 0.4) is 0 Å². The molecule has 0 saturated heterocycles. The molecule has 1 aliphatic carbocycles. The second-order valence-electron chi connectivity index (χ2n) is 4.51. The Bertz CT molecular complexity index is 495. The van der Waals surface area contributed by atoms with Crippen LogP contribution in [0.15, 0.2) is 23.5 Å². The second-order valence-corrected chi connectivity index (χ2v) is 4.51. The van der Waals surface area contributed by atoms with Gasteiger partial charge in [-0.1, -0.05) is 11.6 Å². The monoisotopic (exact) mass is 248 g/mol. The van der Waals surface area contributed by atoms with Gasteiger partial charge in [0.05, 0.1) is 11.4 Å². The molecule has 6 nitrogen and oxygen atoms in total. The highest BCUT2D eigenvalue weighted by atomic mass is 16.4. The standard InChI is InChI=1S/C12H16N4O2/c1-8-9(4-2-7-14-8)15-11(17)12(5-3-6-12)10(13)16-18/h2,4,7,18H,3,5-6H2,1H3,(H2,13,16)(H,15,17). The van der Waals surface area contributed by atoms with Crippen molar-refractivity contribution in [2.24, 2.45) is 16.3 Å². The number of hydrogen-bond donors (Lipinski definition) is 3. The van der Waals surface area contributed by atoms with Crippen LogP contribution in [-0.2, 0) is 4.79 Å². The fourth-order valence-corrected chi connectivity index (χ4v) is 2.08. The molecule has 0 radical (unpaired) electrons. The van der Waals surface area contributed by atoms with E-state index in [0.717, 1.165) is 12.1 Å². The van der Waals surface area contributed by atoms with Crippen LogP contribution in [0.25, 0.3) is 0 Å². The van der Waals surface area contributed by atoms with Gasteiger partial charge in [-0.2, -0.15) is 0 Å². The first-order valence-electron chi connectivity index (χ1n) is 5.81. The molecule has 1 heterocycles. The number of carbonyl (C=O) groups excluding carboxylic acids is 1. The Kier molecular flexibility index (Phi) is 3.18. The molecular formula is C12H16N4O2. The fraction of sp³-hybridized carbons (Fsp3) is 0.417. The van der Waals surface area contributed by atoms with E-state index in [0.29, 0.717) is 18.5 Å². The van der Waals surface area contributed by atoms with Crippen LogP contribution in [0.2, 0.25) is 0 Å². The summed E-state index contributed by atoms with van der Waals surface area (Å²) in [6, 6.07) is 3.53. The molecule has 1 aromatic rings. The van der Waals surface area contributed by atoms with Gasteiger partial charge in [0.2, 0.25) is 5.91 Å². The number of nitrogens with two attached hydrogens (primary N) is 1. The minimum Gasteiger partial charge on any atom is -0.409 e. The normalized spacial score (nSPS) is 17.9. The van der Waals surface area contributed by atoms with Gasteiger partial charge >= 0.3 is 0 Å². The van der Waals surface area contributed by atoms with Crippen LogP contribution in [0.4, 0.5) is 5.69 Å². The molecule has 0 aliphatic heterocycles. The van der Waals surface area contributed by atoms with Crippen molar-refractivity contribution >= 4 is 17.4 Å². The van der Waals surface area contributed by atoms with Gasteiger partial charge in [0.15, 0.2) is 5.84 Å². The lowest BCUT2D eigenvalue weighted by atomic mass is 9.67. The Hall–Kier alpha value is -2.11. The van der Waals surface area contributed by atoms with E-state index in [2.05, 4.69) is 15.5 Å². The van der Waals surface area contributed by atoms with Crippen molar-refractivity contribution in [1.82, 2.24) is 4.98 Å². The minimum atomic E-state index is -0.864. The SMILES string of the molecule is Cc1ncccc1NC(=O)C1(/C(N)=N/O)CCC1. The maximum absolute atomic E-state index is 12.3. The molecule has 6 heteroatoms. The van der Waals surface area contributed by atoms with Gasteiger partial charge in [0, 0.05) is 6.20 Å². The van der Waals surface area contributed by atoms with Gasteiger partial charge in [0.1, 0.15) is 5.41 Å². The lowest BCUT2D eigenvalue weighted by molar-refractivity contribution is -0.125. The fourth-order valence-electron chi connectivity index (χ4n) is 2.08. The lowest BCUT2D eigenvalue weighted by Crippen LogP contribution is -2.51. The zero-order chi connectivity index (χ0) is 13.2. The summed E-state index contributed by atoms with van der Waals surface area (Å²) in [6.45, 7) is 1.81. The number of amides is 1. The van der Waals surface area contributed by atoms with E-state index in [1.54, 1.807) is 18.3 Å². The third kappa shape index (κ3) is 1.90. The number of hydrogen-bond acceptors (Lipinski definition) is 4. The van der Waals surface area contributed by atoms with Crippen molar-refractivity contribution in [3.8, 4) is 0 Å². The zero-order valence-corrected chi connectivity index (χ0v) is 10.2. The number of aromatic nitrogens is 1. The molecule has 0 unspecified atom stereocenters.